The highest BCUT2D eigenvalue weighted by Gasteiger charge is 2.10. The zero-order valence-electron chi connectivity index (χ0n) is 11.2. The first-order valence-electron chi connectivity index (χ1n) is 6.21. The summed E-state index contributed by atoms with van der Waals surface area (Å²) in [5, 5.41) is 3.56. The molecule has 0 saturated carbocycles. The van der Waals surface area contributed by atoms with E-state index in [4.69, 9.17) is 11.6 Å². The summed E-state index contributed by atoms with van der Waals surface area (Å²) < 4.78 is 15.3. The number of anilines is 2. The van der Waals surface area contributed by atoms with Crippen LogP contribution in [0.2, 0.25) is 5.02 Å². The quantitative estimate of drug-likeness (QED) is 0.901. The zero-order chi connectivity index (χ0) is 14.0. The van der Waals surface area contributed by atoms with Gasteiger partial charge in [0.1, 0.15) is 5.82 Å². The summed E-state index contributed by atoms with van der Waals surface area (Å²) in [6, 6.07) is 4.23. The van der Waals surface area contributed by atoms with E-state index in [0.29, 0.717) is 22.6 Å². The zero-order valence-corrected chi connectivity index (χ0v) is 12.0. The lowest BCUT2D eigenvalue weighted by molar-refractivity contribution is 0.527. The molecule has 0 bridgehead atoms. The average molecular weight is 282 g/mol. The molecule has 0 aliphatic carbocycles. The molecule has 0 spiro atoms. The van der Waals surface area contributed by atoms with Crippen molar-refractivity contribution in [1.82, 2.24) is 9.55 Å². The minimum atomic E-state index is -0.328. The molecule has 19 heavy (non-hydrogen) atoms. The number of halogens is 2. The van der Waals surface area contributed by atoms with Crippen molar-refractivity contribution >= 4 is 23.2 Å². The van der Waals surface area contributed by atoms with E-state index in [-0.39, 0.29) is 5.82 Å². The van der Waals surface area contributed by atoms with Gasteiger partial charge in [0.15, 0.2) is 0 Å². The molecule has 102 valence electrons. The maximum atomic E-state index is 13.2. The SMILES string of the molecule is Cc1cn(CC(C)C)c(Nc2cc(F)ccc2Cl)n1. The number of rotatable bonds is 4. The van der Waals surface area contributed by atoms with Crippen molar-refractivity contribution < 1.29 is 4.39 Å². The van der Waals surface area contributed by atoms with Crippen LogP contribution in [0.3, 0.4) is 0 Å². The molecule has 0 atom stereocenters. The molecule has 1 aromatic heterocycles. The molecule has 1 aromatic carbocycles. The predicted octanol–water partition coefficient (Wildman–Crippen LogP) is 4.38. The van der Waals surface area contributed by atoms with E-state index in [1.807, 2.05) is 17.7 Å². The van der Waals surface area contributed by atoms with Crippen molar-refractivity contribution in [3.05, 3.63) is 40.9 Å². The van der Waals surface area contributed by atoms with Gasteiger partial charge in [0.25, 0.3) is 0 Å². The van der Waals surface area contributed by atoms with Gasteiger partial charge in [-0.05, 0) is 31.0 Å². The van der Waals surface area contributed by atoms with Crippen LogP contribution in [0.5, 0.6) is 0 Å². The van der Waals surface area contributed by atoms with Gasteiger partial charge in [-0.2, -0.15) is 0 Å². The van der Waals surface area contributed by atoms with Crippen LogP contribution in [-0.2, 0) is 6.54 Å². The Morgan fingerprint density at radius 2 is 2.16 bits per heavy atom. The Morgan fingerprint density at radius 1 is 1.42 bits per heavy atom. The molecule has 3 nitrogen and oxygen atoms in total. The van der Waals surface area contributed by atoms with E-state index in [9.17, 15) is 4.39 Å². The van der Waals surface area contributed by atoms with E-state index in [1.165, 1.54) is 18.2 Å². The van der Waals surface area contributed by atoms with Crippen molar-refractivity contribution in [2.75, 3.05) is 5.32 Å². The molecular weight excluding hydrogens is 265 g/mol. The minimum absolute atomic E-state index is 0.328. The molecule has 0 fully saturated rings. The van der Waals surface area contributed by atoms with E-state index in [0.717, 1.165) is 12.2 Å². The Labute approximate surface area is 117 Å². The normalized spacial score (nSPS) is 11.1. The van der Waals surface area contributed by atoms with E-state index in [2.05, 4.69) is 24.1 Å². The molecule has 0 amide bonds. The molecule has 1 N–H and O–H groups in total. The molecule has 2 aromatic rings. The standard InChI is InChI=1S/C14H17ClFN3/c1-9(2)7-19-8-10(3)17-14(19)18-13-6-11(16)4-5-12(13)15/h4-6,8-9H,7H2,1-3H3,(H,17,18). The van der Waals surface area contributed by atoms with Crippen LogP contribution in [0.15, 0.2) is 24.4 Å². The molecule has 0 saturated heterocycles. The van der Waals surface area contributed by atoms with Gasteiger partial charge >= 0.3 is 0 Å². The maximum Gasteiger partial charge on any atom is 0.207 e. The van der Waals surface area contributed by atoms with Gasteiger partial charge in [-0.3, -0.25) is 0 Å². The van der Waals surface area contributed by atoms with Gasteiger partial charge < -0.3 is 9.88 Å². The van der Waals surface area contributed by atoms with Crippen molar-refractivity contribution in [2.24, 2.45) is 5.92 Å². The fourth-order valence-electron chi connectivity index (χ4n) is 1.89. The number of hydrogen-bond donors (Lipinski definition) is 1. The first kappa shape index (κ1) is 13.9. The van der Waals surface area contributed by atoms with Crippen molar-refractivity contribution in [1.29, 1.82) is 0 Å². The molecule has 0 aliphatic heterocycles. The fraction of sp³-hybridized carbons (Fsp3) is 0.357. The third-order valence-electron chi connectivity index (χ3n) is 2.63. The second-order valence-corrected chi connectivity index (χ2v) is 5.41. The van der Waals surface area contributed by atoms with E-state index < -0.39 is 0 Å². The van der Waals surface area contributed by atoms with Crippen molar-refractivity contribution in [3.63, 3.8) is 0 Å². The summed E-state index contributed by atoms with van der Waals surface area (Å²) in [6.45, 7) is 7.04. The van der Waals surface area contributed by atoms with Gasteiger partial charge in [0, 0.05) is 12.7 Å². The smallest absolute Gasteiger partial charge is 0.207 e. The second-order valence-electron chi connectivity index (χ2n) is 5.00. The first-order chi connectivity index (χ1) is 8.95. The molecule has 5 heteroatoms. The maximum absolute atomic E-state index is 13.2. The number of benzene rings is 1. The Balaban J connectivity index is 2.29. The summed E-state index contributed by atoms with van der Waals surface area (Å²) in [6.07, 6.45) is 1.97. The van der Waals surface area contributed by atoms with Crippen molar-refractivity contribution in [2.45, 2.75) is 27.3 Å². The summed E-state index contributed by atoms with van der Waals surface area (Å²) in [4.78, 5) is 4.40. The summed E-state index contributed by atoms with van der Waals surface area (Å²) >= 11 is 6.04. The number of aryl methyl sites for hydroxylation is 1. The van der Waals surface area contributed by atoms with Gasteiger partial charge in [-0.15, -0.1) is 0 Å². The molecule has 0 aliphatic rings. The Kier molecular flexibility index (Phi) is 4.10. The molecule has 0 radical (unpaired) electrons. The van der Waals surface area contributed by atoms with Crippen molar-refractivity contribution in [3.8, 4) is 0 Å². The van der Waals surface area contributed by atoms with Crippen LogP contribution in [0, 0.1) is 18.7 Å². The highest BCUT2D eigenvalue weighted by molar-refractivity contribution is 6.33. The van der Waals surface area contributed by atoms with Gasteiger partial charge in [-0.25, -0.2) is 9.37 Å². The summed E-state index contributed by atoms with van der Waals surface area (Å²) in [5.41, 5.74) is 1.44. The van der Waals surface area contributed by atoms with Gasteiger partial charge in [0.2, 0.25) is 5.95 Å². The molecule has 2 rings (SSSR count). The van der Waals surface area contributed by atoms with Gasteiger partial charge in [0.05, 0.1) is 16.4 Å². The highest BCUT2D eigenvalue weighted by atomic mass is 35.5. The molecule has 1 heterocycles. The molecule has 0 unspecified atom stereocenters. The minimum Gasteiger partial charge on any atom is -0.324 e. The van der Waals surface area contributed by atoms with E-state index >= 15 is 0 Å². The van der Waals surface area contributed by atoms with Crippen LogP contribution in [0.1, 0.15) is 19.5 Å². The van der Waals surface area contributed by atoms with Crippen LogP contribution in [0.4, 0.5) is 16.0 Å². The van der Waals surface area contributed by atoms with Gasteiger partial charge in [-0.1, -0.05) is 25.4 Å². The number of nitrogens with one attached hydrogen (secondary N) is 1. The number of imidazole rings is 1. The van der Waals surface area contributed by atoms with Crippen LogP contribution < -0.4 is 5.32 Å². The summed E-state index contributed by atoms with van der Waals surface area (Å²) in [7, 11) is 0. The fourth-order valence-corrected chi connectivity index (χ4v) is 2.06. The monoisotopic (exact) mass is 281 g/mol. The van der Waals surface area contributed by atoms with E-state index in [1.54, 1.807) is 0 Å². The topological polar surface area (TPSA) is 29.9 Å². The largest absolute Gasteiger partial charge is 0.324 e. The summed E-state index contributed by atoms with van der Waals surface area (Å²) in [5.74, 6) is 0.849. The Hall–Kier alpha value is -1.55. The Bertz CT molecular complexity index is 578. The number of aromatic nitrogens is 2. The second kappa shape index (κ2) is 5.61. The van der Waals surface area contributed by atoms with Crippen LogP contribution in [-0.4, -0.2) is 9.55 Å². The molecular formula is C14H17ClFN3. The number of nitrogens with zero attached hydrogens (tertiary/aromatic N) is 2. The third kappa shape index (κ3) is 3.47. The first-order valence-corrected chi connectivity index (χ1v) is 6.59. The average Bonchev–Trinajstić information content (AvgIpc) is 2.63. The predicted molar refractivity (Wildman–Crippen MR) is 76.5 cm³/mol. The number of hydrogen-bond acceptors (Lipinski definition) is 2. The third-order valence-corrected chi connectivity index (χ3v) is 2.96. The Morgan fingerprint density at radius 3 is 2.84 bits per heavy atom. The van der Waals surface area contributed by atoms with Crippen LogP contribution in [0.25, 0.3) is 0 Å². The lowest BCUT2D eigenvalue weighted by atomic mass is 10.2. The van der Waals surface area contributed by atoms with Crippen LogP contribution >= 0.6 is 11.6 Å². The highest BCUT2D eigenvalue weighted by Crippen LogP contribution is 2.26. The lowest BCUT2D eigenvalue weighted by Crippen LogP contribution is -2.07. The lowest BCUT2D eigenvalue weighted by Gasteiger charge is -2.12.